The topological polar surface area (TPSA) is 133 Å². The van der Waals surface area contributed by atoms with Crippen LogP contribution < -0.4 is 10.9 Å². The zero-order valence-corrected chi connectivity index (χ0v) is 23.9. The van der Waals surface area contributed by atoms with Crippen molar-refractivity contribution in [3.8, 4) is 22.4 Å². The normalized spacial score (nSPS) is 11.7. The molecule has 12 heteroatoms. The fraction of sp³-hybridized carbons (Fsp3) is 0.133. The average molecular weight is 603 g/mol. The lowest BCUT2D eigenvalue weighted by Gasteiger charge is -2.20. The molecule has 212 valence electrons. The molecule has 0 aliphatic carbocycles. The van der Waals surface area contributed by atoms with Gasteiger partial charge in [0.25, 0.3) is 17.2 Å². The molecule has 10 nitrogen and oxygen atoms in total. The van der Waals surface area contributed by atoms with E-state index in [1.807, 2.05) is 0 Å². The summed E-state index contributed by atoms with van der Waals surface area (Å²) in [7, 11) is 1.48. The molecule has 0 aliphatic rings. The molecule has 0 radical (unpaired) electrons. The summed E-state index contributed by atoms with van der Waals surface area (Å²) in [5.74, 6) is -1.45. The first-order chi connectivity index (χ1) is 20.2. The molecule has 5 aromatic rings. The van der Waals surface area contributed by atoms with E-state index in [2.05, 4.69) is 10.3 Å². The number of esters is 1. The van der Waals surface area contributed by atoms with Gasteiger partial charge in [-0.05, 0) is 35.6 Å². The van der Waals surface area contributed by atoms with Gasteiger partial charge < -0.3 is 9.30 Å². The van der Waals surface area contributed by atoms with Gasteiger partial charge in [-0.2, -0.15) is 0 Å². The van der Waals surface area contributed by atoms with E-state index in [1.165, 1.54) is 23.7 Å². The number of benzene rings is 3. The molecule has 5 rings (SSSR count). The Hall–Kier alpha value is -4.87. The van der Waals surface area contributed by atoms with Crippen molar-refractivity contribution >= 4 is 56.4 Å². The number of rotatable bonds is 8. The molecular formula is C30H23ClN4O6S. The van der Waals surface area contributed by atoms with Crippen LogP contribution in [0.2, 0.25) is 5.02 Å². The van der Waals surface area contributed by atoms with E-state index < -0.39 is 22.9 Å². The highest BCUT2D eigenvalue weighted by Gasteiger charge is 2.28. The molecule has 2 aromatic heterocycles. The van der Waals surface area contributed by atoms with E-state index in [1.54, 1.807) is 73.0 Å². The van der Waals surface area contributed by atoms with Crippen LogP contribution in [-0.4, -0.2) is 32.5 Å². The zero-order chi connectivity index (χ0) is 30.0. The van der Waals surface area contributed by atoms with Gasteiger partial charge in [0.1, 0.15) is 5.69 Å². The van der Waals surface area contributed by atoms with Gasteiger partial charge in [0.15, 0.2) is 11.2 Å². The Kier molecular flexibility index (Phi) is 8.14. The predicted molar refractivity (Wildman–Crippen MR) is 162 cm³/mol. The molecule has 0 bridgehead atoms. The molecule has 1 amide bonds. The van der Waals surface area contributed by atoms with Gasteiger partial charge in [-0.25, -0.2) is 9.78 Å². The van der Waals surface area contributed by atoms with Crippen molar-refractivity contribution in [2.45, 2.75) is 19.4 Å². The Bertz CT molecular complexity index is 1900. The molecule has 2 heterocycles. The Labute approximate surface area is 248 Å². The third-order valence-corrected chi connectivity index (χ3v) is 7.64. The lowest BCUT2D eigenvalue weighted by Crippen LogP contribution is -2.34. The number of ether oxygens (including phenoxy) is 1. The van der Waals surface area contributed by atoms with Gasteiger partial charge in [0.2, 0.25) is 0 Å². The number of carbonyl (C=O) groups is 2. The Morgan fingerprint density at radius 3 is 2.48 bits per heavy atom. The minimum atomic E-state index is -1.19. The number of anilines is 1. The van der Waals surface area contributed by atoms with Crippen LogP contribution in [-0.2, 0) is 16.6 Å². The number of pyridine rings is 1. The molecule has 42 heavy (non-hydrogen) atoms. The molecule has 3 aromatic carbocycles. The highest BCUT2D eigenvalue weighted by molar-refractivity contribution is 7.14. The number of nitro groups is 1. The van der Waals surface area contributed by atoms with E-state index in [0.29, 0.717) is 38.2 Å². The number of non-ortho nitro benzene ring substituents is 1. The fourth-order valence-electron chi connectivity index (χ4n) is 4.55. The Balaban J connectivity index is 1.43. The number of aromatic nitrogens is 2. The highest BCUT2D eigenvalue weighted by Crippen LogP contribution is 2.32. The van der Waals surface area contributed by atoms with Crippen LogP contribution in [0.5, 0.6) is 0 Å². The summed E-state index contributed by atoms with van der Waals surface area (Å²) in [5, 5.41) is 17.2. The zero-order valence-electron chi connectivity index (χ0n) is 22.4. The molecule has 0 saturated heterocycles. The number of nitrogens with zero attached hydrogens (tertiary/aromatic N) is 3. The van der Waals surface area contributed by atoms with Gasteiger partial charge >= 0.3 is 5.97 Å². The smallest absolute Gasteiger partial charge is 0.356 e. The van der Waals surface area contributed by atoms with Crippen molar-refractivity contribution in [3.05, 3.63) is 109 Å². The second-order valence-electron chi connectivity index (χ2n) is 9.28. The first-order valence-electron chi connectivity index (χ1n) is 12.8. The summed E-state index contributed by atoms with van der Waals surface area (Å²) < 4.78 is 6.92. The molecule has 0 fully saturated rings. The first kappa shape index (κ1) is 28.7. The monoisotopic (exact) mass is 602 g/mol. The second kappa shape index (κ2) is 11.9. The number of fused-ring (bicyclic) bond motifs is 1. The first-order valence-corrected chi connectivity index (χ1v) is 14.0. The van der Waals surface area contributed by atoms with Crippen molar-refractivity contribution in [1.29, 1.82) is 0 Å². The number of amides is 1. The van der Waals surface area contributed by atoms with Crippen LogP contribution in [0.3, 0.4) is 0 Å². The summed E-state index contributed by atoms with van der Waals surface area (Å²) in [5.41, 5.74) is 1.62. The van der Waals surface area contributed by atoms with Gasteiger partial charge in [-0.3, -0.25) is 25.0 Å². The molecule has 1 N–H and O–H groups in total. The minimum Gasteiger partial charge on any atom is -0.448 e. The van der Waals surface area contributed by atoms with Crippen molar-refractivity contribution < 1.29 is 19.2 Å². The number of nitro benzene ring substituents is 1. The van der Waals surface area contributed by atoms with Crippen LogP contribution in [0.25, 0.3) is 33.2 Å². The summed E-state index contributed by atoms with van der Waals surface area (Å²) in [6, 6.07) is 19.8. The lowest BCUT2D eigenvalue weighted by atomic mass is 9.96. The summed E-state index contributed by atoms with van der Waals surface area (Å²) >= 11 is 7.23. The summed E-state index contributed by atoms with van der Waals surface area (Å²) in [4.78, 5) is 55.0. The standard InChI is InChI=1S/C30H23ClN4O6S/c1-3-24(27(36)33-30-32-23(16-42-30)18-7-6-8-20(15-18)35(39)40)41-29(38)26-25(17-11-13-19(31)14-12-17)21-9-4-5-10-22(21)28(37)34(26)2/h4-16,24H,3H2,1-2H3,(H,32,33,36). The van der Waals surface area contributed by atoms with E-state index in [-0.39, 0.29) is 28.5 Å². The fourth-order valence-corrected chi connectivity index (χ4v) is 5.40. The van der Waals surface area contributed by atoms with Crippen LogP contribution in [0.15, 0.2) is 83.0 Å². The number of halogens is 1. The van der Waals surface area contributed by atoms with E-state index in [0.717, 1.165) is 11.3 Å². The van der Waals surface area contributed by atoms with Gasteiger partial charge in [-0.15, -0.1) is 11.3 Å². The molecule has 0 saturated carbocycles. The van der Waals surface area contributed by atoms with Crippen LogP contribution in [0, 0.1) is 10.1 Å². The lowest BCUT2D eigenvalue weighted by molar-refractivity contribution is -0.384. The number of hydrogen-bond acceptors (Lipinski definition) is 8. The van der Waals surface area contributed by atoms with E-state index in [9.17, 15) is 24.5 Å². The van der Waals surface area contributed by atoms with Gasteiger partial charge in [0.05, 0.1) is 10.6 Å². The van der Waals surface area contributed by atoms with Crippen LogP contribution in [0.4, 0.5) is 10.8 Å². The van der Waals surface area contributed by atoms with Crippen molar-refractivity contribution in [2.24, 2.45) is 7.05 Å². The minimum absolute atomic E-state index is 0.00511. The molecule has 1 atom stereocenters. The molecule has 0 spiro atoms. The Morgan fingerprint density at radius 2 is 1.79 bits per heavy atom. The summed E-state index contributed by atoms with van der Waals surface area (Å²) in [6.45, 7) is 1.69. The number of carbonyl (C=O) groups excluding carboxylic acids is 2. The number of hydrogen-bond donors (Lipinski definition) is 1. The second-order valence-corrected chi connectivity index (χ2v) is 10.6. The average Bonchev–Trinajstić information content (AvgIpc) is 3.46. The highest BCUT2D eigenvalue weighted by atomic mass is 35.5. The third kappa shape index (κ3) is 5.65. The number of nitrogens with one attached hydrogen (secondary N) is 1. The van der Waals surface area contributed by atoms with Crippen LogP contribution >= 0.6 is 22.9 Å². The quantitative estimate of drug-likeness (QED) is 0.122. The maximum atomic E-state index is 13.7. The van der Waals surface area contributed by atoms with Crippen molar-refractivity contribution in [1.82, 2.24) is 9.55 Å². The largest absolute Gasteiger partial charge is 0.448 e. The van der Waals surface area contributed by atoms with Crippen molar-refractivity contribution in [3.63, 3.8) is 0 Å². The Morgan fingerprint density at radius 1 is 1.07 bits per heavy atom. The summed E-state index contributed by atoms with van der Waals surface area (Å²) in [6.07, 6.45) is -1.04. The van der Waals surface area contributed by atoms with Gasteiger partial charge in [0, 0.05) is 46.1 Å². The third-order valence-electron chi connectivity index (χ3n) is 6.63. The molecule has 0 aliphatic heterocycles. The van der Waals surface area contributed by atoms with Gasteiger partial charge in [-0.1, -0.05) is 61.0 Å². The molecular weight excluding hydrogens is 580 g/mol. The maximum absolute atomic E-state index is 13.7. The van der Waals surface area contributed by atoms with Crippen LogP contribution in [0.1, 0.15) is 23.8 Å². The SMILES string of the molecule is CCC(OC(=O)c1c(-c2ccc(Cl)cc2)c2ccccc2c(=O)n1C)C(=O)Nc1nc(-c2cccc([N+](=O)[O-])c2)cs1. The van der Waals surface area contributed by atoms with E-state index in [4.69, 9.17) is 16.3 Å². The predicted octanol–water partition coefficient (Wildman–Crippen LogP) is 6.46. The maximum Gasteiger partial charge on any atom is 0.356 e. The number of thiazole rings is 1. The molecule has 1 unspecified atom stereocenters. The van der Waals surface area contributed by atoms with Crippen molar-refractivity contribution in [2.75, 3.05) is 5.32 Å². The van der Waals surface area contributed by atoms with E-state index >= 15 is 0 Å².